The van der Waals surface area contributed by atoms with Gasteiger partial charge in [0.2, 0.25) is 0 Å². The highest BCUT2D eigenvalue weighted by atomic mass is 16.6. The van der Waals surface area contributed by atoms with Crippen molar-refractivity contribution in [2.24, 2.45) is 0 Å². The van der Waals surface area contributed by atoms with Crippen molar-refractivity contribution >= 4 is 11.9 Å². The summed E-state index contributed by atoms with van der Waals surface area (Å²) in [7, 11) is 0. The Morgan fingerprint density at radius 2 is 0.917 bits per heavy atom. The van der Waals surface area contributed by atoms with Crippen molar-refractivity contribution in [1.29, 1.82) is 0 Å². The van der Waals surface area contributed by atoms with Gasteiger partial charge in [-0.05, 0) is 83.5 Å². The van der Waals surface area contributed by atoms with Crippen LogP contribution in [0, 0.1) is 0 Å². The van der Waals surface area contributed by atoms with E-state index in [0.717, 1.165) is 70.6 Å². The molecule has 0 radical (unpaired) electrons. The molecule has 48 heavy (non-hydrogen) atoms. The lowest BCUT2D eigenvalue weighted by atomic mass is 10.1. The van der Waals surface area contributed by atoms with Crippen LogP contribution in [0.15, 0.2) is 85.1 Å². The molecule has 1 N–H and O–H groups in total. The summed E-state index contributed by atoms with van der Waals surface area (Å²) in [5, 5.41) is 9.54. The molecule has 1 atom stereocenters. The van der Waals surface area contributed by atoms with Crippen molar-refractivity contribution in [3.63, 3.8) is 0 Å². The first-order valence-electron chi connectivity index (χ1n) is 19.1. The summed E-state index contributed by atoms with van der Waals surface area (Å²) in [5.74, 6) is -0.677. The van der Waals surface area contributed by atoms with Crippen molar-refractivity contribution in [2.75, 3.05) is 13.2 Å². The number of ether oxygens (including phenoxy) is 2. The molecule has 0 spiro atoms. The number of aliphatic hydroxyl groups excluding tert-OH is 1. The van der Waals surface area contributed by atoms with Crippen molar-refractivity contribution < 1.29 is 24.2 Å². The van der Waals surface area contributed by atoms with Gasteiger partial charge in [-0.25, -0.2) is 0 Å². The minimum Gasteiger partial charge on any atom is -0.462 e. The van der Waals surface area contributed by atoms with E-state index in [-0.39, 0.29) is 25.2 Å². The van der Waals surface area contributed by atoms with Crippen LogP contribution in [0.1, 0.15) is 155 Å². The summed E-state index contributed by atoms with van der Waals surface area (Å²) in [6.07, 6.45) is 52.1. The molecule has 0 fully saturated rings. The van der Waals surface area contributed by atoms with E-state index >= 15 is 0 Å². The van der Waals surface area contributed by atoms with Crippen LogP contribution < -0.4 is 0 Å². The lowest BCUT2D eigenvalue weighted by Gasteiger charge is -2.15. The summed E-state index contributed by atoms with van der Waals surface area (Å²) < 4.78 is 10.5. The zero-order chi connectivity index (χ0) is 35.0. The molecule has 0 bridgehead atoms. The fraction of sp³-hybridized carbons (Fsp3) is 0.628. The quantitative estimate of drug-likeness (QED) is 0.0429. The number of carbonyl (C=O) groups excluding carboxylic acids is 2. The number of esters is 2. The molecule has 0 unspecified atom stereocenters. The first-order valence-corrected chi connectivity index (χ1v) is 19.1. The molecule has 0 aromatic carbocycles. The number of carbonyl (C=O) groups is 2. The second kappa shape index (κ2) is 38.5. The SMILES string of the molecule is CC/C=C\C/C=C\C/C=C\C/C=C\C/C=C\CCCC(=O)OC[C@H](CO)OC(=O)CCCCCCCCC/C=C\C/C=C\CCCCC. The van der Waals surface area contributed by atoms with Crippen molar-refractivity contribution in [3.8, 4) is 0 Å². The van der Waals surface area contributed by atoms with E-state index in [0.29, 0.717) is 19.3 Å². The fourth-order valence-corrected chi connectivity index (χ4v) is 4.79. The standard InChI is InChI=1S/C43H70O5/c1-3-5-7-9-11-13-15-17-19-21-23-25-27-29-31-33-35-37-42(45)47-40-41(39-44)48-43(46)38-36-34-32-30-28-26-24-22-20-18-16-14-12-10-8-6-4-2/h5,7,11-14,17-20,23,25,29,31,41,44H,3-4,6,8-10,15-16,21-22,24,26-28,30,32-40H2,1-2H3/b7-5-,13-11-,14-12-,19-17-,20-18-,25-23-,31-29-/t41-/m0/s1. The molecular weight excluding hydrogens is 596 g/mol. The predicted octanol–water partition coefficient (Wildman–Crippen LogP) is 11.9. The lowest BCUT2D eigenvalue weighted by molar-refractivity contribution is -0.161. The molecule has 5 heteroatoms. The van der Waals surface area contributed by atoms with E-state index in [2.05, 4.69) is 98.9 Å². The van der Waals surface area contributed by atoms with E-state index in [1.807, 2.05) is 0 Å². The second-order valence-corrected chi connectivity index (χ2v) is 12.3. The van der Waals surface area contributed by atoms with Gasteiger partial charge in [0, 0.05) is 12.8 Å². The molecule has 0 aliphatic carbocycles. The molecule has 0 aliphatic heterocycles. The van der Waals surface area contributed by atoms with Gasteiger partial charge in [-0.3, -0.25) is 9.59 Å². The van der Waals surface area contributed by atoms with Gasteiger partial charge in [-0.1, -0.05) is 144 Å². The van der Waals surface area contributed by atoms with Crippen molar-refractivity contribution in [1.82, 2.24) is 0 Å². The summed E-state index contributed by atoms with van der Waals surface area (Å²) >= 11 is 0. The number of hydrogen-bond donors (Lipinski definition) is 1. The first kappa shape index (κ1) is 45.1. The average molecular weight is 667 g/mol. The molecule has 272 valence electrons. The van der Waals surface area contributed by atoms with Crippen LogP contribution in [0.2, 0.25) is 0 Å². The Morgan fingerprint density at radius 1 is 0.500 bits per heavy atom. The number of hydrogen-bond acceptors (Lipinski definition) is 5. The highest BCUT2D eigenvalue weighted by molar-refractivity contribution is 5.70. The highest BCUT2D eigenvalue weighted by Crippen LogP contribution is 2.11. The zero-order valence-electron chi connectivity index (χ0n) is 30.7. The third kappa shape index (κ3) is 35.9. The number of aliphatic hydroxyl groups is 1. The Morgan fingerprint density at radius 3 is 1.42 bits per heavy atom. The predicted molar refractivity (Wildman–Crippen MR) is 205 cm³/mol. The summed E-state index contributed by atoms with van der Waals surface area (Å²) in [5.41, 5.74) is 0. The Balaban J connectivity index is 3.70. The Kier molecular flexibility index (Phi) is 36.2. The van der Waals surface area contributed by atoms with Gasteiger partial charge in [0.05, 0.1) is 6.61 Å². The van der Waals surface area contributed by atoms with Gasteiger partial charge in [0.1, 0.15) is 6.61 Å². The van der Waals surface area contributed by atoms with E-state index in [1.165, 1.54) is 51.4 Å². The Labute approximate surface area is 295 Å². The zero-order valence-corrected chi connectivity index (χ0v) is 30.7. The Bertz CT molecular complexity index is 937. The molecule has 0 saturated heterocycles. The minimum absolute atomic E-state index is 0.103. The fourth-order valence-electron chi connectivity index (χ4n) is 4.79. The topological polar surface area (TPSA) is 72.8 Å². The molecule has 0 heterocycles. The smallest absolute Gasteiger partial charge is 0.306 e. The summed E-state index contributed by atoms with van der Waals surface area (Å²) in [6, 6.07) is 0. The number of unbranched alkanes of at least 4 members (excludes halogenated alkanes) is 11. The van der Waals surface area contributed by atoms with Crippen LogP contribution in [-0.2, 0) is 19.1 Å². The largest absolute Gasteiger partial charge is 0.462 e. The van der Waals surface area contributed by atoms with Crippen LogP contribution in [0.3, 0.4) is 0 Å². The second-order valence-electron chi connectivity index (χ2n) is 12.3. The van der Waals surface area contributed by atoms with Crippen LogP contribution in [0.4, 0.5) is 0 Å². The monoisotopic (exact) mass is 667 g/mol. The van der Waals surface area contributed by atoms with Gasteiger partial charge >= 0.3 is 11.9 Å². The maximum Gasteiger partial charge on any atom is 0.306 e. The van der Waals surface area contributed by atoms with Gasteiger partial charge in [-0.15, -0.1) is 0 Å². The number of allylic oxidation sites excluding steroid dienone is 14. The Hall–Kier alpha value is -2.92. The molecule has 0 saturated carbocycles. The summed E-state index contributed by atoms with van der Waals surface area (Å²) in [6.45, 7) is 3.92. The highest BCUT2D eigenvalue weighted by Gasteiger charge is 2.16. The minimum atomic E-state index is -0.803. The molecule has 5 nitrogen and oxygen atoms in total. The first-order chi connectivity index (χ1) is 23.6. The third-order valence-electron chi connectivity index (χ3n) is 7.67. The van der Waals surface area contributed by atoms with Crippen molar-refractivity contribution in [3.05, 3.63) is 85.1 Å². The molecule has 0 aliphatic rings. The van der Waals surface area contributed by atoms with Crippen LogP contribution in [0.25, 0.3) is 0 Å². The maximum absolute atomic E-state index is 12.2. The van der Waals surface area contributed by atoms with E-state index in [4.69, 9.17) is 9.47 Å². The van der Waals surface area contributed by atoms with Crippen molar-refractivity contribution in [2.45, 2.75) is 161 Å². The molecular formula is C43H70O5. The molecule has 0 rings (SSSR count). The van der Waals surface area contributed by atoms with Gasteiger partial charge < -0.3 is 14.6 Å². The molecule has 0 aromatic heterocycles. The van der Waals surface area contributed by atoms with E-state index in [9.17, 15) is 14.7 Å². The third-order valence-corrected chi connectivity index (χ3v) is 7.67. The van der Waals surface area contributed by atoms with Gasteiger partial charge in [0.25, 0.3) is 0 Å². The van der Waals surface area contributed by atoms with Crippen LogP contribution >= 0.6 is 0 Å². The average Bonchev–Trinajstić information content (AvgIpc) is 3.09. The van der Waals surface area contributed by atoms with E-state index in [1.54, 1.807) is 0 Å². The normalized spacial score (nSPS) is 13.1. The van der Waals surface area contributed by atoms with E-state index < -0.39 is 6.10 Å². The molecule has 0 aromatic rings. The molecule has 0 amide bonds. The van der Waals surface area contributed by atoms with Gasteiger partial charge in [-0.2, -0.15) is 0 Å². The lowest BCUT2D eigenvalue weighted by Crippen LogP contribution is -2.28. The maximum atomic E-state index is 12.2. The number of rotatable bonds is 33. The van der Waals surface area contributed by atoms with Gasteiger partial charge in [0.15, 0.2) is 6.10 Å². The van der Waals surface area contributed by atoms with Crippen LogP contribution in [0.5, 0.6) is 0 Å². The summed E-state index contributed by atoms with van der Waals surface area (Å²) in [4.78, 5) is 24.2. The van der Waals surface area contributed by atoms with Crippen LogP contribution in [-0.4, -0.2) is 36.4 Å².